The van der Waals surface area contributed by atoms with Crippen molar-refractivity contribution in [2.24, 2.45) is 0 Å². The molecule has 29 heavy (non-hydrogen) atoms. The Morgan fingerprint density at radius 1 is 0.931 bits per heavy atom. The second-order valence-electron chi connectivity index (χ2n) is 6.49. The predicted octanol–water partition coefficient (Wildman–Crippen LogP) is 4.85. The molecule has 0 aliphatic heterocycles. The smallest absolute Gasteiger partial charge is 0.319 e. The third-order valence-corrected chi connectivity index (χ3v) is 4.30. The highest BCUT2D eigenvalue weighted by Gasteiger charge is 2.06. The van der Waals surface area contributed by atoms with Gasteiger partial charge in [-0.25, -0.2) is 4.79 Å². The zero-order valence-corrected chi connectivity index (χ0v) is 16.5. The maximum atomic E-state index is 12.3. The Labute approximate surface area is 170 Å². The molecule has 1 heterocycles. The van der Waals surface area contributed by atoms with Gasteiger partial charge in [0.1, 0.15) is 12.4 Å². The zero-order chi connectivity index (χ0) is 20.3. The van der Waals surface area contributed by atoms with Crippen LogP contribution in [0.3, 0.4) is 0 Å². The van der Waals surface area contributed by atoms with Crippen LogP contribution in [0.4, 0.5) is 10.5 Å². The largest absolute Gasteiger partial charge is 0.467 e. The topological polar surface area (TPSA) is 72.7 Å². The molecule has 6 nitrogen and oxygen atoms in total. The second kappa shape index (κ2) is 11.0. The van der Waals surface area contributed by atoms with Crippen molar-refractivity contribution >= 4 is 11.7 Å². The van der Waals surface area contributed by atoms with E-state index < -0.39 is 0 Å². The standard InChI is InChI=1S/C23H26N2O4/c1-2-27-16-20-9-4-3-8-19(20)14-24-23(26)25-21-10-5-7-18(13-21)15-28-17-22-11-6-12-29-22/h3-13H,2,14-17H2,1H3,(H2,24,25,26). The normalized spacial score (nSPS) is 10.7. The first-order valence-electron chi connectivity index (χ1n) is 9.63. The molecule has 2 N–H and O–H groups in total. The van der Waals surface area contributed by atoms with Crippen molar-refractivity contribution < 1.29 is 18.7 Å². The average molecular weight is 394 g/mol. The van der Waals surface area contributed by atoms with Crippen LogP contribution in [0.2, 0.25) is 0 Å². The number of hydrogen-bond donors (Lipinski definition) is 2. The minimum absolute atomic E-state index is 0.259. The van der Waals surface area contributed by atoms with Crippen LogP contribution in [-0.4, -0.2) is 12.6 Å². The van der Waals surface area contributed by atoms with Gasteiger partial charge in [0.25, 0.3) is 0 Å². The van der Waals surface area contributed by atoms with Crippen molar-refractivity contribution in [1.82, 2.24) is 5.32 Å². The average Bonchev–Trinajstić information content (AvgIpc) is 3.25. The highest BCUT2D eigenvalue weighted by molar-refractivity contribution is 5.89. The predicted molar refractivity (Wildman–Crippen MR) is 111 cm³/mol. The summed E-state index contributed by atoms with van der Waals surface area (Å²) < 4.78 is 16.4. The first-order valence-corrected chi connectivity index (χ1v) is 9.63. The molecule has 3 aromatic rings. The number of rotatable bonds is 10. The van der Waals surface area contributed by atoms with E-state index in [2.05, 4.69) is 10.6 Å². The van der Waals surface area contributed by atoms with Gasteiger partial charge in [0.15, 0.2) is 0 Å². The van der Waals surface area contributed by atoms with Gasteiger partial charge >= 0.3 is 6.03 Å². The highest BCUT2D eigenvalue weighted by atomic mass is 16.5. The van der Waals surface area contributed by atoms with Crippen molar-refractivity contribution in [3.05, 3.63) is 89.4 Å². The number of amides is 2. The van der Waals surface area contributed by atoms with Crippen molar-refractivity contribution in [1.29, 1.82) is 0 Å². The van der Waals surface area contributed by atoms with Crippen LogP contribution < -0.4 is 10.6 Å². The molecule has 0 bridgehead atoms. The number of carbonyl (C=O) groups is 1. The van der Waals surface area contributed by atoms with Gasteiger partial charge in [-0.05, 0) is 47.9 Å². The molecule has 0 spiro atoms. The molecule has 0 aliphatic rings. The summed E-state index contributed by atoms with van der Waals surface area (Å²) in [5.74, 6) is 0.781. The third kappa shape index (κ3) is 6.78. The summed E-state index contributed by atoms with van der Waals surface area (Å²) in [6, 6.07) is 18.9. The van der Waals surface area contributed by atoms with Gasteiger partial charge in [-0.15, -0.1) is 0 Å². The van der Waals surface area contributed by atoms with Crippen LogP contribution in [0.1, 0.15) is 29.4 Å². The molecule has 3 rings (SSSR count). The highest BCUT2D eigenvalue weighted by Crippen LogP contribution is 2.14. The molecule has 6 heteroatoms. The first kappa shape index (κ1) is 20.6. The lowest BCUT2D eigenvalue weighted by Gasteiger charge is -2.12. The number of benzene rings is 2. The number of urea groups is 1. The number of ether oxygens (including phenoxy) is 2. The molecular formula is C23H26N2O4. The van der Waals surface area contributed by atoms with Crippen molar-refractivity contribution in [2.75, 3.05) is 11.9 Å². The quantitative estimate of drug-likeness (QED) is 0.515. The van der Waals surface area contributed by atoms with Crippen LogP contribution in [0, 0.1) is 0 Å². The Hall–Kier alpha value is -3.09. The van der Waals surface area contributed by atoms with Gasteiger partial charge in [0.05, 0.1) is 19.5 Å². The Balaban J connectivity index is 1.48. The van der Waals surface area contributed by atoms with E-state index in [1.165, 1.54) is 0 Å². The van der Waals surface area contributed by atoms with Crippen LogP contribution in [0.25, 0.3) is 0 Å². The summed E-state index contributed by atoms with van der Waals surface area (Å²) in [5.41, 5.74) is 3.79. The van der Waals surface area contributed by atoms with Gasteiger partial charge in [0.2, 0.25) is 0 Å². The summed E-state index contributed by atoms with van der Waals surface area (Å²) in [5, 5.41) is 5.76. The molecule has 2 aromatic carbocycles. The van der Waals surface area contributed by atoms with E-state index in [0.717, 1.165) is 22.5 Å². The van der Waals surface area contributed by atoms with Crippen molar-refractivity contribution in [3.63, 3.8) is 0 Å². The van der Waals surface area contributed by atoms with E-state index in [-0.39, 0.29) is 6.03 Å². The third-order valence-electron chi connectivity index (χ3n) is 4.30. The summed E-state index contributed by atoms with van der Waals surface area (Å²) in [4.78, 5) is 12.3. The molecule has 2 amide bonds. The Kier molecular flexibility index (Phi) is 7.86. The van der Waals surface area contributed by atoms with Gasteiger partial charge in [-0.1, -0.05) is 36.4 Å². The second-order valence-corrected chi connectivity index (χ2v) is 6.49. The van der Waals surface area contributed by atoms with E-state index >= 15 is 0 Å². The summed E-state index contributed by atoms with van der Waals surface area (Å²) in [6.07, 6.45) is 1.62. The van der Waals surface area contributed by atoms with E-state index in [1.807, 2.05) is 67.6 Å². The van der Waals surface area contributed by atoms with Gasteiger partial charge in [0, 0.05) is 18.8 Å². The molecular weight excluding hydrogens is 368 g/mol. The Morgan fingerprint density at radius 2 is 1.79 bits per heavy atom. The van der Waals surface area contributed by atoms with E-state index in [9.17, 15) is 4.79 Å². The fourth-order valence-electron chi connectivity index (χ4n) is 2.84. The Morgan fingerprint density at radius 3 is 2.59 bits per heavy atom. The fourth-order valence-corrected chi connectivity index (χ4v) is 2.84. The van der Waals surface area contributed by atoms with Gasteiger partial charge in [-0.3, -0.25) is 0 Å². The molecule has 0 atom stereocenters. The van der Waals surface area contributed by atoms with Crippen molar-refractivity contribution in [2.45, 2.75) is 33.3 Å². The summed E-state index contributed by atoms with van der Waals surface area (Å²) >= 11 is 0. The van der Waals surface area contributed by atoms with Crippen LogP contribution >= 0.6 is 0 Å². The Bertz CT molecular complexity index is 893. The molecule has 0 saturated carbocycles. The SMILES string of the molecule is CCOCc1ccccc1CNC(=O)Nc1cccc(COCc2ccco2)c1. The van der Waals surface area contributed by atoms with Crippen LogP contribution in [0.15, 0.2) is 71.3 Å². The monoisotopic (exact) mass is 394 g/mol. The maximum Gasteiger partial charge on any atom is 0.319 e. The van der Waals surface area contributed by atoms with E-state index in [1.54, 1.807) is 6.26 Å². The summed E-state index contributed by atoms with van der Waals surface area (Å²) in [6.45, 7) is 4.43. The molecule has 0 radical (unpaired) electrons. The lowest BCUT2D eigenvalue weighted by Crippen LogP contribution is -2.28. The lowest BCUT2D eigenvalue weighted by molar-refractivity contribution is 0.0930. The van der Waals surface area contributed by atoms with Crippen LogP contribution in [-0.2, 0) is 35.8 Å². The van der Waals surface area contributed by atoms with E-state index in [4.69, 9.17) is 13.9 Å². The van der Waals surface area contributed by atoms with Crippen molar-refractivity contribution in [3.8, 4) is 0 Å². The van der Waals surface area contributed by atoms with E-state index in [0.29, 0.717) is 38.7 Å². The number of furan rings is 1. The molecule has 0 saturated heterocycles. The molecule has 0 aliphatic carbocycles. The molecule has 0 unspecified atom stereocenters. The number of hydrogen-bond acceptors (Lipinski definition) is 4. The first-order chi connectivity index (χ1) is 14.2. The van der Waals surface area contributed by atoms with Crippen LogP contribution in [0.5, 0.6) is 0 Å². The molecule has 152 valence electrons. The number of carbonyl (C=O) groups excluding carboxylic acids is 1. The minimum Gasteiger partial charge on any atom is -0.467 e. The fraction of sp³-hybridized carbons (Fsp3) is 0.261. The zero-order valence-electron chi connectivity index (χ0n) is 16.5. The van der Waals surface area contributed by atoms with Gasteiger partial charge in [-0.2, -0.15) is 0 Å². The molecule has 1 aromatic heterocycles. The lowest BCUT2D eigenvalue weighted by atomic mass is 10.1. The van der Waals surface area contributed by atoms with Gasteiger partial charge < -0.3 is 24.5 Å². The number of anilines is 1. The minimum atomic E-state index is -0.259. The maximum absolute atomic E-state index is 12.3. The number of nitrogens with one attached hydrogen (secondary N) is 2. The summed E-state index contributed by atoms with van der Waals surface area (Å²) in [7, 11) is 0. The molecule has 0 fully saturated rings.